The number of aliphatic carboxylic acids is 1. The highest BCUT2D eigenvalue weighted by molar-refractivity contribution is 8.02. The van der Waals surface area contributed by atoms with Crippen LogP contribution < -0.4 is 5.32 Å². The van der Waals surface area contributed by atoms with Crippen molar-refractivity contribution in [3.8, 4) is 0 Å². The van der Waals surface area contributed by atoms with Crippen LogP contribution >= 0.6 is 11.8 Å². The van der Waals surface area contributed by atoms with Crippen molar-refractivity contribution < 1.29 is 24.2 Å². The Balaban J connectivity index is 1.98. The van der Waals surface area contributed by atoms with E-state index in [1.54, 1.807) is 22.7 Å². The van der Waals surface area contributed by atoms with Gasteiger partial charge in [0, 0.05) is 24.9 Å². The largest absolute Gasteiger partial charge is 0.477 e. The normalized spacial score (nSPS) is 20.0. The Kier molecular flexibility index (Phi) is 4.53. The summed E-state index contributed by atoms with van der Waals surface area (Å²) in [4.78, 5) is 41.2. The second-order valence-electron chi connectivity index (χ2n) is 5.55. The number of rotatable bonds is 3. The predicted molar refractivity (Wildman–Crippen MR) is 88.0 cm³/mol. The summed E-state index contributed by atoms with van der Waals surface area (Å²) < 4.78 is 6.54. The highest BCUT2D eigenvalue weighted by Crippen LogP contribution is 2.38. The summed E-state index contributed by atoms with van der Waals surface area (Å²) in [7, 11) is 2.96. The van der Waals surface area contributed by atoms with Gasteiger partial charge in [-0.15, -0.1) is 11.8 Å². The summed E-state index contributed by atoms with van der Waals surface area (Å²) in [6.07, 6.45) is 3.04. The fourth-order valence-corrected chi connectivity index (χ4v) is 3.54. The highest BCUT2D eigenvalue weighted by Gasteiger charge is 2.31. The number of likely N-dealkylation sites (N-methyl/N-ethyl adjacent to an activating group) is 1. The third-order valence-electron chi connectivity index (χ3n) is 3.90. The number of aromatic nitrogens is 2. The molecule has 0 bridgehead atoms. The van der Waals surface area contributed by atoms with E-state index in [1.165, 1.54) is 18.7 Å². The van der Waals surface area contributed by atoms with Crippen molar-refractivity contribution in [1.82, 2.24) is 19.8 Å². The smallest absolute Gasteiger partial charge is 0.352 e. The summed E-state index contributed by atoms with van der Waals surface area (Å²) in [5.41, 5.74) is 0.757. The Hall–Kier alpha value is -2.75. The van der Waals surface area contributed by atoms with Gasteiger partial charge in [0.2, 0.25) is 5.91 Å². The Morgan fingerprint density at radius 1 is 1.44 bits per heavy atom. The molecule has 25 heavy (non-hydrogen) atoms. The van der Waals surface area contributed by atoms with Crippen LogP contribution in [0, 0.1) is 0 Å². The second kappa shape index (κ2) is 6.63. The fourth-order valence-electron chi connectivity index (χ4n) is 2.53. The molecular formula is C15H16N4O5S. The molecule has 0 aromatic carbocycles. The maximum atomic E-state index is 12.1. The molecule has 132 valence electrons. The number of hydrogen-bond acceptors (Lipinski definition) is 7. The first-order valence-corrected chi connectivity index (χ1v) is 8.28. The lowest BCUT2D eigenvalue weighted by Gasteiger charge is -2.23. The monoisotopic (exact) mass is 364 g/mol. The number of fused-ring (bicyclic) bond motifs is 1. The number of esters is 1. The summed E-state index contributed by atoms with van der Waals surface area (Å²) >= 11 is 1.14. The van der Waals surface area contributed by atoms with Gasteiger partial charge in [0.25, 0.3) is 0 Å². The van der Waals surface area contributed by atoms with Gasteiger partial charge in [0.15, 0.2) is 0 Å². The van der Waals surface area contributed by atoms with Crippen molar-refractivity contribution in [2.75, 3.05) is 14.2 Å². The highest BCUT2D eigenvalue weighted by atomic mass is 32.2. The Morgan fingerprint density at radius 3 is 2.88 bits per heavy atom. The average molecular weight is 364 g/mol. The first-order valence-electron chi connectivity index (χ1n) is 7.34. The van der Waals surface area contributed by atoms with Crippen molar-refractivity contribution in [2.24, 2.45) is 0 Å². The van der Waals surface area contributed by atoms with Gasteiger partial charge < -0.3 is 24.6 Å². The molecule has 2 N–H and O–H groups in total. The number of methoxy groups -OCH3 is 1. The van der Waals surface area contributed by atoms with Crippen LogP contribution in [0.1, 0.15) is 16.8 Å². The molecule has 10 heteroatoms. The van der Waals surface area contributed by atoms with Crippen LogP contribution in [0.4, 0.5) is 0 Å². The average Bonchev–Trinajstić information content (AvgIpc) is 2.83. The molecule has 0 saturated heterocycles. The van der Waals surface area contributed by atoms with Gasteiger partial charge in [-0.3, -0.25) is 4.79 Å². The fraction of sp³-hybridized carbons (Fsp3) is 0.333. The van der Waals surface area contributed by atoms with Gasteiger partial charge in [0.1, 0.15) is 18.1 Å². The number of amides is 1. The molecule has 0 fully saturated rings. The summed E-state index contributed by atoms with van der Waals surface area (Å²) in [5.74, 6) is -1.03. The van der Waals surface area contributed by atoms with E-state index in [0.29, 0.717) is 18.1 Å². The first-order chi connectivity index (χ1) is 11.9. The van der Waals surface area contributed by atoms with E-state index in [2.05, 4.69) is 10.3 Å². The molecule has 0 spiro atoms. The van der Waals surface area contributed by atoms with E-state index in [4.69, 9.17) is 9.84 Å². The quantitative estimate of drug-likeness (QED) is 0.732. The molecule has 2 aliphatic rings. The zero-order chi connectivity index (χ0) is 18.1. The zero-order valence-corrected chi connectivity index (χ0v) is 14.4. The molecule has 0 radical (unpaired) electrons. The van der Waals surface area contributed by atoms with Crippen molar-refractivity contribution in [3.05, 3.63) is 40.6 Å². The minimum Gasteiger partial charge on any atom is -0.477 e. The molecule has 1 aromatic heterocycles. The third-order valence-corrected chi connectivity index (χ3v) is 5.03. The zero-order valence-electron chi connectivity index (χ0n) is 13.6. The Labute approximate surface area is 147 Å². The Bertz CT molecular complexity index is 813. The van der Waals surface area contributed by atoms with E-state index >= 15 is 0 Å². The number of ether oxygens (including phenoxy) is 1. The molecule has 3 heterocycles. The number of carbonyl (C=O) groups is 3. The van der Waals surface area contributed by atoms with E-state index < -0.39 is 17.2 Å². The number of nitrogens with one attached hydrogen (secondary N) is 1. The standard InChI is InChI=1S/C15H16N4O5S/c1-18-5-11-17-9(4-19(11)6-12(18)20)13-8(15(23)24-2)3-16-10(7-25-13)14(21)22/h3-4,7,13,16H,5-6H2,1-2H3,(H,21,22). The van der Waals surface area contributed by atoms with Crippen LogP contribution in [0.2, 0.25) is 0 Å². The number of carboxylic acids is 1. The molecule has 1 amide bonds. The van der Waals surface area contributed by atoms with Crippen molar-refractivity contribution in [1.29, 1.82) is 0 Å². The van der Waals surface area contributed by atoms with Gasteiger partial charge in [-0.25, -0.2) is 14.6 Å². The van der Waals surface area contributed by atoms with Gasteiger partial charge >= 0.3 is 11.9 Å². The summed E-state index contributed by atoms with van der Waals surface area (Å²) in [5, 5.41) is 12.6. The molecule has 9 nitrogen and oxygen atoms in total. The third kappa shape index (κ3) is 3.25. The van der Waals surface area contributed by atoms with Gasteiger partial charge in [-0.05, 0) is 0 Å². The molecule has 1 atom stereocenters. The van der Waals surface area contributed by atoms with Crippen LogP contribution in [-0.2, 0) is 32.2 Å². The maximum absolute atomic E-state index is 12.1. The van der Waals surface area contributed by atoms with Gasteiger partial charge in [-0.2, -0.15) is 0 Å². The molecule has 0 aliphatic carbocycles. The van der Waals surface area contributed by atoms with Crippen LogP contribution in [0.15, 0.2) is 29.1 Å². The molecule has 3 rings (SSSR count). The first kappa shape index (κ1) is 17.1. The lowest BCUT2D eigenvalue weighted by molar-refractivity contribution is -0.136. The number of imidazole rings is 1. The molecular weight excluding hydrogens is 348 g/mol. The van der Waals surface area contributed by atoms with Gasteiger partial charge in [0.05, 0.1) is 30.2 Å². The van der Waals surface area contributed by atoms with Crippen molar-refractivity contribution in [2.45, 2.75) is 18.3 Å². The van der Waals surface area contributed by atoms with E-state index in [9.17, 15) is 14.4 Å². The van der Waals surface area contributed by atoms with Crippen LogP contribution in [0.25, 0.3) is 0 Å². The molecule has 1 aromatic rings. The summed E-state index contributed by atoms with van der Waals surface area (Å²) in [6.45, 7) is 0.559. The van der Waals surface area contributed by atoms with Crippen molar-refractivity contribution in [3.63, 3.8) is 0 Å². The topological polar surface area (TPSA) is 114 Å². The number of carbonyl (C=O) groups excluding carboxylic acids is 2. The van der Waals surface area contributed by atoms with Crippen LogP contribution in [0.3, 0.4) is 0 Å². The maximum Gasteiger partial charge on any atom is 0.352 e. The summed E-state index contributed by atoms with van der Waals surface area (Å²) in [6, 6.07) is 0. The number of thioether (sulfide) groups is 1. The van der Waals surface area contributed by atoms with Crippen LogP contribution in [0.5, 0.6) is 0 Å². The lowest BCUT2D eigenvalue weighted by Crippen LogP contribution is -2.35. The lowest BCUT2D eigenvalue weighted by atomic mass is 10.1. The van der Waals surface area contributed by atoms with E-state index in [0.717, 1.165) is 11.8 Å². The van der Waals surface area contributed by atoms with Crippen LogP contribution in [-0.4, -0.2) is 51.6 Å². The molecule has 2 aliphatic heterocycles. The minimum atomic E-state index is -1.13. The SMILES string of the molecule is COC(=O)C1=CNC(C(=O)O)=CSC1c1cn2c(n1)CN(C)C(=O)C2. The number of hydrogen-bond donors (Lipinski definition) is 2. The van der Waals surface area contributed by atoms with E-state index in [-0.39, 0.29) is 23.7 Å². The number of carboxylic acid groups (broad SMARTS) is 1. The van der Waals surface area contributed by atoms with E-state index in [1.807, 2.05) is 0 Å². The van der Waals surface area contributed by atoms with Crippen molar-refractivity contribution >= 4 is 29.6 Å². The van der Waals surface area contributed by atoms with Gasteiger partial charge in [-0.1, -0.05) is 0 Å². The predicted octanol–water partition coefficient (Wildman–Crippen LogP) is 0.216. The number of nitrogens with zero attached hydrogens (tertiary/aromatic N) is 3. The second-order valence-corrected chi connectivity index (χ2v) is 6.53. The Morgan fingerprint density at radius 2 is 2.20 bits per heavy atom. The minimum absolute atomic E-state index is 0.0246. The molecule has 1 unspecified atom stereocenters. The molecule has 0 saturated carbocycles.